The van der Waals surface area contributed by atoms with Crippen LogP contribution in [0.1, 0.15) is 42.5 Å². The van der Waals surface area contributed by atoms with E-state index in [1.165, 1.54) is 16.7 Å². The molecule has 0 bridgehead atoms. The van der Waals surface area contributed by atoms with Crippen molar-refractivity contribution in [1.82, 2.24) is 5.32 Å². The van der Waals surface area contributed by atoms with Crippen molar-refractivity contribution in [2.45, 2.75) is 32.7 Å². The summed E-state index contributed by atoms with van der Waals surface area (Å²) < 4.78 is 5.49. The minimum absolute atomic E-state index is 0.406. The van der Waals surface area contributed by atoms with Crippen molar-refractivity contribution < 1.29 is 4.74 Å². The van der Waals surface area contributed by atoms with Crippen LogP contribution in [-0.4, -0.2) is 26.2 Å². The van der Waals surface area contributed by atoms with Crippen LogP contribution in [0.15, 0.2) is 12.1 Å². The fraction of sp³-hybridized carbons (Fsp3) is 0.600. The molecule has 0 aliphatic rings. The Morgan fingerprint density at radius 3 is 2.39 bits per heavy atom. The van der Waals surface area contributed by atoms with Gasteiger partial charge in [0.25, 0.3) is 0 Å². The predicted octanol–water partition coefficient (Wildman–Crippen LogP) is 3.75. The maximum atomic E-state index is 5.49. The summed E-state index contributed by atoms with van der Waals surface area (Å²) in [5.41, 5.74) is 3.97. The third-order valence-electron chi connectivity index (χ3n) is 3.30. The van der Waals surface area contributed by atoms with Crippen LogP contribution in [0.5, 0.6) is 5.75 Å². The second-order valence-corrected chi connectivity index (χ2v) is 5.81. The number of nitrogens with one attached hydrogen (secondary N) is 1. The van der Waals surface area contributed by atoms with Gasteiger partial charge in [-0.1, -0.05) is 13.8 Å². The van der Waals surface area contributed by atoms with E-state index in [1.807, 2.05) is 18.8 Å². The number of methoxy groups -OCH3 is 1. The highest BCUT2D eigenvalue weighted by Crippen LogP contribution is 2.32. The molecule has 0 saturated carbocycles. The standard InChI is InChI=1S/C15H25NOS/c1-10(2)12-8-13(14(16-4)9-18-6)11(3)7-15(12)17-5/h7-8,10,14,16H,9H2,1-6H3. The van der Waals surface area contributed by atoms with E-state index in [4.69, 9.17) is 4.74 Å². The average molecular weight is 267 g/mol. The molecule has 0 saturated heterocycles. The van der Waals surface area contributed by atoms with E-state index < -0.39 is 0 Å². The first kappa shape index (κ1) is 15.4. The number of hydrogen-bond donors (Lipinski definition) is 1. The lowest BCUT2D eigenvalue weighted by Gasteiger charge is -2.22. The number of thioether (sulfide) groups is 1. The van der Waals surface area contributed by atoms with Gasteiger partial charge in [-0.15, -0.1) is 0 Å². The third-order valence-corrected chi connectivity index (χ3v) is 3.96. The van der Waals surface area contributed by atoms with Crippen LogP contribution in [0.3, 0.4) is 0 Å². The summed E-state index contributed by atoms with van der Waals surface area (Å²) in [5, 5.41) is 3.40. The minimum Gasteiger partial charge on any atom is -0.496 e. The van der Waals surface area contributed by atoms with Gasteiger partial charge in [0.1, 0.15) is 5.75 Å². The molecule has 0 amide bonds. The maximum Gasteiger partial charge on any atom is 0.122 e. The lowest BCUT2D eigenvalue weighted by atomic mass is 9.93. The molecule has 1 aromatic rings. The Balaban J connectivity index is 3.23. The van der Waals surface area contributed by atoms with Crippen LogP contribution in [0.2, 0.25) is 0 Å². The SMILES string of the molecule is CNC(CSC)c1cc(C(C)C)c(OC)cc1C. The highest BCUT2D eigenvalue weighted by Gasteiger charge is 2.16. The molecule has 18 heavy (non-hydrogen) atoms. The fourth-order valence-corrected chi connectivity index (χ4v) is 2.89. The molecular formula is C15H25NOS. The Hall–Kier alpha value is -0.670. The number of benzene rings is 1. The quantitative estimate of drug-likeness (QED) is 0.848. The molecule has 0 aliphatic heterocycles. The van der Waals surface area contributed by atoms with Crippen molar-refractivity contribution in [3.63, 3.8) is 0 Å². The molecular weight excluding hydrogens is 242 g/mol. The summed E-state index contributed by atoms with van der Waals surface area (Å²) in [5.74, 6) is 2.57. The van der Waals surface area contributed by atoms with Crippen LogP contribution in [0.25, 0.3) is 0 Å². The van der Waals surface area contributed by atoms with Gasteiger partial charge in [0.15, 0.2) is 0 Å². The monoisotopic (exact) mass is 267 g/mol. The van der Waals surface area contributed by atoms with Gasteiger partial charge in [-0.2, -0.15) is 11.8 Å². The van der Waals surface area contributed by atoms with Gasteiger partial charge in [-0.25, -0.2) is 0 Å². The molecule has 0 heterocycles. The molecule has 3 heteroatoms. The van der Waals surface area contributed by atoms with Gasteiger partial charge in [-0.05, 0) is 55.0 Å². The minimum atomic E-state index is 0.406. The molecule has 0 spiro atoms. The van der Waals surface area contributed by atoms with Crippen molar-refractivity contribution in [1.29, 1.82) is 0 Å². The molecule has 1 rings (SSSR count). The summed E-state index contributed by atoms with van der Waals surface area (Å²) in [6.07, 6.45) is 2.15. The van der Waals surface area contributed by atoms with Crippen molar-refractivity contribution in [2.24, 2.45) is 0 Å². The maximum absolute atomic E-state index is 5.49. The molecule has 1 aromatic carbocycles. The fourth-order valence-electron chi connectivity index (χ4n) is 2.21. The molecule has 0 aromatic heterocycles. The number of hydrogen-bond acceptors (Lipinski definition) is 3. The Labute approximate surface area is 116 Å². The predicted molar refractivity (Wildman–Crippen MR) is 82.0 cm³/mol. The van der Waals surface area contributed by atoms with Gasteiger partial charge in [0, 0.05) is 11.8 Å². The number of aryl methyl sites for hydroxylation is 1. The van der Waals surface area contributed by atoms with E-state index in [0.717, 1.165) is 11.5 Å². The van der Waals surface area contributed by atoms with Gasteiger partial charge >= 0.3 is 0 Å². The van der Waals surface area contributed by atoms with Crippen molar-refractivity contribution in [3.8, 4) is 5.75 Å². The molecule has 102 valence electrons. The van der Waals surface area contributed by atoms with E-state index >= 15 is 0 Å². The first-order chi connectivity index (χ1) is 8.54. The average Bonchev–Trinajstić information content (AvgIpc) is 2.35. The summed E-state index contributed by atoms with van der Waals surface area (Å²) in [4.78, 5) is 0. The van der Waals surface area contributed by atoms with E-state index in [9.17, 15) is 0 Å². The van der Waals surface area contributed by atoms with E-state index in [0.29, 0.717) is 12.0 Å². The topological polar surface area (TPSA) is 21.3 Å². The van der Waals surface area contributed by atoms with Crippen LogP contribution < -0.4 is 10.1 Å². The van der Waals surface area contributed by atoms with Crippen molar-refractivity contribution in [2.75, 3.05) is 26.2 Å². The summed E-state index contributed by atoms with van der Waals surface area (Å²) >= 11 is 1.87. The molecule has 0 fully saturated rings. The second-order valence-electron chi connectivity index (χ2n) is 4.90. The summed E-state index contributed by atoms with van der Waals surface area (Å²) in [6, 6.07) is 4.87. The smallest absolute Gasteiger partial charge is 0.122 e. The van der Waals surface area contributed by atoms with E-state index in [-0.39, 0.29) is 0 Å². The van der Waals surface area contributed by atoms with Crippen LogP contribution >= 0.6 is 11.8 Å². The summed E-state index contributed by atoms with van der Waals surface area (Å²) in [6.45, 7) is 6.58. The second kappa shape index (κ2) is 7.05. The van der Waals surface area contributed by atoms with Crippen LogP contribution in [0.4, 0.5) is 0 Å². The lowest BCUT2D eigenvalue weighted by molar-refractivity contribution is 0.406. The normalized spacial score (nSPS) is 12.8. The Morgan fingerprint density at radius 2 is 1.94 bits per heavy atom. The molecule has 2 nitrogen and oxygen atoms in total. The van der Waals surface area contributed by atoms with E-state index in [1.54, 1.807) is 7.11 Å². The molecule has 1 N–H and O–H groups in total. The van der Waals surface area contributed by atoms with Crippen LogP contribution in [-0.2, 0) is 0 Å². The first-order valence-electron chi connectivity index (χ1n) is 6.39. The molecule has 0 radical (unpaired) electrons. The number of ether oxygens (including phenoxy) is 1. The van der Waals surface area contributed by atoms with Gasteiger partial charge < -0.3 is 10.1 Å². The highest BCUT2D eigenvalue weighted by atomic mass is 32.2. The van der Waals surface area contributed by atoms with Gasteiger partial charge in [0.05, 0.1) is 7.11 Å². The van der Waals surface area contributed by atoms with Crippen molar-refractivity contribution in [3.05, 3.63) is 28.8 Å². The first-order valence-corrected chi connectivity index (χ1v) is 7.79. The largest absolute Gasteiger partial charge is 0.496 e. The lowest BCUT2D eigenvalue weighted by Crippen LogP contribution is -2.20. The zero-order valence-corrected chi connectivity index (χ0v) is 13.1. The summed E-state index contributed by atoms with van der Waals surface area (Å²) in [7, 11) is 3.78. The van der Waals surface area contributed by atoms with Crippen LogP contribution in [0, 0.1) is 6.92 Å². The van der Waals surface area contributed by atoms with Crippen molar-refractivity contribution >= 4 is 11.8 Å². The molecule has 0 aliphatic carbocycles. The Morgan fingerprint density at radius 1 is 1.28 bits per heavy atom. The van der Waals surface area contributed by atoms with Gasteiger partial charge in [0.2, 0.25) is 0 Å². The Kier molecular flexibility index (Phi) is 6.03. The Bertz CT molecular complexity index is 390. The highest BCUT2D eigenvalue weighted by molar-refractivity contribution is 7.98. The van der Waals surface area contributed by atoms with Gasteiger partial charge in [-0.3, -0.25) is 0 Å². The number of rotatable bonds is 6. The third kappa shape index (κ3) is 3.42. The molecule has 1 atom stereocenters. The molecule has 1 unspecified atom stereocenters. The zero-order chi connectivity index (χ0) is 13.7. The van der Waals surface area contributed by atoms with E-state index in [2.05, 4.69) is 44.5 Å². The zero-order valence-electron chi connectivity index (χ0n) is 12.3.